The Morgan fingerprint density at radius 1 is 1.03 bits per heavy atom. The molecule has 0 saturated heterocycles. The highest BCUT2D eigenvalue weighted by atomic mass is 32.2. The van der Waals surface area contributed by atoms with Crippen molar-refractivity contribution in [3.63, 3.8) is 0 Å². The number of fused-ring (bicyclic) bond motifs is 1. The first-order chi connectivity index (χ1) is 16.1. The van der Waals surface area contributed by atoms with Crippen molar-refractivity contribution in [1.29, 1.82) is 0 Å². The van der Waals surface area contributed by atoms with Gasteiger partial charge in [0, 0.05) is 24.2 Å². The quantitative estimate of drug-likeness (QED) is 0.531. The summed E-state index contributed by atoms with van der Waals surface area (Å²) in [6, 6.07) is 13.2. The van der Waals surface area contributed by atoms with E-state index >= 15 is 0 Å². The molecule has 2 aromatic carbocycles. The first kappa shape index (κ1) is 24.1. The predicted octanol–water partition coefficient (Wildman–Crippen LogP) is 2.89. The molecule has 180 valence electrons. The van der Waals surface area contributed by atoms with Crippen LogP contribution in [-0.2, 0) is 31.4 Å². The molecule has 4 rings (SSSR count). The molecule has 1 aliphatic heterocycles. The number of hydrogen-bond acceptors (Lipinski definition) is 6. The summed E-state index contributed by atoms with van der Waals surface area (Å²) in [6.07, 6.45) is 0. The zero-order valence-corrected chi connectivity index (χ0v) is 20.8. The molecule has 0 radical (unpaired) electrons. The van der Waals surface area contributed by atoms with E-state index in [0.29, 0.717) is 35.9 Å². The Morgan fingerprint density at radius 2 is 1.65 bits per heavy atom. The Kier molecular flexibility index (Phi) is 6.36. The molecule has 1 N–H and O–H groups in total. The zero-order chi connectivity index (χ0) is 24.7. The highest BCUT2D eigenvalue weighted by Crippen LogP contribution is 2.33. The molecular weight excluding hydrogens is 476 g/mol. The fourth-order valence-corrected chi connectivity index (χ4v) is 6.87. The van der Waals surface area contributed by atoms with E-state index in [1.165, 1.54) is 33.3 Å². The van der Waals surface area contributed by atoms with E-state index in [-0.39, 0.29) is 22.0 Å². The van der Waals surface area contributed by atoms with Crippen molar-refractivity contribution < 1.29 is 21.6 Å². The summed E-state index contributed by atoms with van der Waals surface area (Å²) < 4.78 is 52.6. The van der Waals surface area contributed by atoms with E-state index in [1.54, 1.807) is 13.8 Å². The smallest absolute Gasteiger partial charge is 0.256 e. The summed E-state index contributed by atoms with van der Waals surface area (Å²) in [5, 5.41) is 7.25. The highest BCUT2D eigenvalue weighted by molar-refractivity contribution is 7.90. The second-order valence-corrected chi connectivity index (χ2v) is 12.1. The van der Waals surface area contributed by atoms with Crippen LogP contribution in [0.2, 0.25) is 0 Å². The number of anilines is 1. The van der Waals surface area contributed by atoms with Crippen LogP contribution in [0.1, 0.15) is 41.0 Å². The standard InChI is InChI=1S/C23H26N4O5S2/c1-4-26(5-2)34(31,32)19-12-8-17(9-13-19)23(28)24-22-20-14-33(29,30)15-21(20)25-27(22)18-10-6-16(3)7-11-18/h6-13H,4-5,14-15H2,1-3H3,(H,24,28). The summed E-state index contributed by atoms with van der Waals surface area (Å²) in [4.78, 5) is 13.2. The topological polar surface area (TPSA) is 118 Å². The normalized spacial score (nSPS) is 14.8. The van der Waals surface area contributed by atoms with Gasteiger partial charge >= 0.3 is 0 Å². The molecule has 9 nitrogen and oxygen atoms in total. The number of carbonyl (C=O) groups excluding carboxylic acids is 1. The van der Waals surface area contributed by atoms with Crippen LogP contribution in [0.15, 0.2) is 53.4 Å². The van der Waals surface area contributed by atoms with Crippen molar-refractivity contribution in [1.82, 2.24) is 14.1 Å². The number of nitrogens with one attached hydrogen (secondary N) is 1. The van der Waals surface area contributed by atoms with Crippen LogP contribution in [0.3, 0.4) is 0 Å². The van der Waals surface area contributed by atoms with Crippen molar-refractivity contribution in [2.24, 2.45) is 0 Å². The lowest BCUT2D eigenvalue weighted by molar-refractivity contribution is 0.102. The molecule has 0 atom stereocenters. The Hall–Kier alpha value is -3.02. The molecule has 11 heteroatoms. The third kappa shape index (κ3) is 4.50. The minimum Gasteiger partial charge on any atom is -0.306 e. The van der Waals surface area contributed by atoms with Gasteiger partial charge in [0.1, 0.15) is 5.82 Å². The van der Waals surface area contributed by atoms with Crippen LogP contribution in [0.5, 0.6) is 0 Å². The number of sulfone groups is 1. The first-order valence-electron chi connectivity index (χ1n) is 10.9. The van der Waals surface area contributed by atoms with Crippen LogP contribution in [0.4, 0.5) is 5.82 Å². The van der Waals surface area contributed by atoms with Gasteiger partial charge in [-0.15, -0.1) is 0 Å². The van der Waals surface area contributed by atoms with E-state index in [0.717, 1.165) is 5.56 Å². The van der Waals surface area contributed by atoms with Crippen LogP contribution >= 0.6 is 0 Å². The van der Waals surface area contributed by atoms with Gasteiger partial charge in [-0.3, -0.25) is 4.79 Å². The van der Waals surface area contributed by atoms with Crippen LogP contribution in [0.25, 0.3) is 5.69 Å². The molecule has 0 aliphatic carbocycles. The summed E-state index contributed by atoms with van der Waals surface area (Å²) in [5.74, 6) is -0.579. The summed E-state index contributed by atoms with van der Waals surface area (Å²) in [5.41, 5.74) is 2.86. The van der Waals surface area contributed by atoms with Crippen LogP contribution < -0.4 is 5.32 Å². The Bertz CT molecular complexity index is 1440. The van der Waals surface area contributed by atoms with Crippen molar-refractivity contribution in [2.45, 2.75) is 37.2 Å². The number of sulfonamides is 1. The van der Waals surface area contributed by atoms with Gasteiger partial charge in [-0.2, -0.15) is 9.40 Å². The maximum atomic E-state index is 13.1. The molecule has 0 saturated carbocycles. The fourth-order valence-electron chi connectivity index (χ4n) is 3.91. The second-order valence-electron chi connectivity index (χ2n) is 8.12. The highest BCUT2D eigenvalue weighted by Gasteiger charge is 2.33. The van der Waals surface area contributed by atoms with Gasteiger partial charge in [-0.05, 0) is 43.3 Å². The van der Waals surface area contributed by atoms with E-state index < -0.39 is 25.8 Å². The molecule has 1 aliphatic rings. The Labute approximate surface area is 199 Å². The molecular formula is C23H26N4O5S2. The van der Waals surface area contributed by atoms with Gasteiger partial charge in [-0.25, -0.2) is 21.5 Å². The summed E-state index contributed by atoms with van der Waals surface area (Å²) in [7, 11) is -6.96. The maximum absolute atomic E-state index is 13.1. The fraction of sp³-hybridized carbons (Fsp3) is 0.304. The lowest BCUT2D eigenvalue weighted by atomic mass is 10.2. The number of nitrogens with zero attached hydrogens (tertiary/aromatic N) is 3. The zero-order valence-electron chi connectivity index (χ0n) is 19.1. The molecule has 1 amide bonds. The lowest BCUT2D eigenvalue weighted by Gasteiger charge is -2.18. The van der Waals surface area contributed by atoms with Crippen molar-refractivity contribution in [3.05, 3.63) is 70.9 Å². The first-order valence-corrected chi connectivity index (χ1v) is 14.1. The SMILES string of the molecule is CCN(CC)S(=O)(=O)c1ccc(C(=O)Nc2c3c(nn2-c2ccc(C)cc2)CS(=O)(=O)C3)cc1. The third-order valence-electron chi connectivity index (χ3n) is 5.76. The number of hydrogen-bond donors (Lipinski definition) is 1. The van der Waals surface area contributed by atoms with Crippen LogP contribution in [0, 0.1) is 6.92 Å². The van der Waals surface area contributed by atoms with E-state index in [1.807, 2.05) is 31.2 Å². The van der Waals surface area contributed by atoms with Crippen molar-refractivity contribution in [3.8, 4) is 5.69 Å². The third-order valence-corrected chi connectivity index (χ3v) is 9.26. The van der Waals surface area contributed by atoms with E-state index in [9.17, 15) is 21.6 Å². The largest absolute Gasteiger partial charge is 0.306 e. The second kappa shape index (κ2) is 8.97. The minimum atomic E-state index is -3.64. The number of amides is 1. The monoisotopic (exact) mass is 502 g/mol. The Morgan fingerprint density at radius 3 is 2.24 bits per heavy atom. The van der Waals surface area contributed by atoms with Crippen LogP contribution in [-0.4, -0.2) is 49.9 Å². The maximum Gasteiger partial charge on any atom is 0.256 e. The summed E-state index contributed by atoms with van der Waals surface area (Å²) >= 11 is 0. The molecule has 0 fully saturated rings. The number of aryl methyl sites for hydroxylation is 1. The average molecular weight is 503 g/mol. The molecule has 34 heavy (non-hydrogen) atoms. The average Bonchev–Trinajstić information content (AvgIpc) is 3.27. The molecule has 0 spiro atoms. The van der Waals surface area contributed by atoms with Crippen molar-refractivity contribution >= 4 is 31.6 Å². The molecule has 0 bridgehead atoms. The molecule has 2 heterocycles. The predicted molar refractivity (Wildman–Crippen MR) is 129 cm³/mol. The Balaban J connectivity index is 1.66. The minimum absolute atomic E-state index is 0.101. The van der Waals surface area contributed by atoms with Gasteiger partial charge in [-0.1, -0.05) is 31.5 Å². The van der Waals surface area contributed by atoms with Gasteiger partial charge in [0.15, 0.2) is 9.84 Å². The van der Waals surface area contributed by atoms with E-state index in [2.05, 4.69) is 10.4 Å². The van der Waals surface area contributed by atoms with Gasteiger partial charge < -0.3 is 5.32 Å². The molecule has 1 aromatic heterocycles. The van der Waals surface area contributed by atoms with Gasteiger partial charge in [0.2, 0.25) is 10.0 Å². The van der Waals surface area contributed by atoms with Gasteiger partial charge in [0.05, 0.1) is 27.8 Å². The van der Waals surface area contributed by atoms with Crippen molar-refractivity contribution in [2.75, 3.05) is 18.4 Å². The lowest BCUT2D eigenvalue weighted by Crippen LogP contribution is -2.30. The van der Waals surface area contributed by atoms with E-state index in [4.69, 9.17) is 0 Å². The molecule has 0 unspecified atom stereocenters. The molecule has 3 aromatic rings. The summed E-state index contributed by atoms with van der Waals surface area (Å²) in [6.45, 7) is 6.17. The van der Waals surface area contributed by atoms with Gasteiger partial charge in [0.25, 0.3) is 5.91 Å². The number of aromatic nitrogens is 2. The number of rotatable bonds is 7. The number of carbonyl (C=O) groups is 1. The number of benzene rings is 2.